The van der Waals surface area contributed by atoms with Crippen molar-refractivity contribution in [2.45, 2.75) is 57.8 Å². The molecule has 1 aliphatic rings. The van der Waals surface area contributed by atoms with E-state index in [1.807, 2.05) is 6.92 Å². The molecule has 0 fully saturated rings. The third-order valence-corrected chi connectivity index (χ3v) is 7.33. The molecular weight excluding hydrogens is 416 g/mol. The van der Waals surface area contributed by atoms with E-state index in [9.17, 15) is 9.90 Å². The van der Waals surface area contributed by atoms with Crippen LogP contribution in [0, 0.1) is 6.92 Å². The lowest BCUT2D eigenvalue weighted by Crippen LogP contribution is -2.14. The second kappa shape index (κ2) is 9.66. The molecule has 1 unspecified atom stereocenters. The molecule has 0 radical (unpaired) electrons. The van der Waals surface area contributed by atoms with Crippen molar-refractivity contribution in [2.75, 3.05) is 11.9 Å². The van der Waals surface area contributed by atoms with Gasteiger partial charge in [0.2, 0.25) is 0 Å². The molecule has 4 heterocycles. The molecule has 158 valence electrons. The SMILES string of the molecule is Cc1ncc(C(CC(=O)O)Cc2csc(CCCc3ccc4c(n3)NCCC4)n2)s1. The minimum absolute atomic E-state index is 0.0733. The van der Waals surface area contributed by atoms with Crippen molar-refractivity contribution in [2.24, 2.45) is 0 Å². The first kappa shape index (κ1) is 20.9. The summed E-state index contributed by atoms with van der Waals surface area (Å²) in [5.74, 6) is 0.197. The number of pyridine rings is 1. The number of aliphatic carboxylic acids is 1. The third kappa shape index (κ3) is 5.43. The minimum atomic E-state index is -0.784. The number of aryl methyl sites for hydroxylation is 4. The van der Waals surface area contributed by atoms with Crippen LogP contribution in [-0.2, 0) is 30.5 Å². The summed E-state index contributed by atoms with van der Waals surface area (Å²) in [6.07, 6.45) is 7.70. The van der Waals surface area contributed by atoms with Crippen LogP contribution in [-0.4, -0.2) is 32.6 Å². The van der Waals surface area contributed by atoms with Crippen molar-refractivity contribution in [1.82, 2.24) is 15.0 Å². The van der Waals surface area contributed by atoms with Gasteiger partial charge < -0.3 is 10.4 Å². The average molecular weight is 443 g/mol. The summed E-state index contributed by atoms with van der Waals surface area (Å²) in [4.78, 5) is 26.1. The molecule has 3 aromatic rings. The lowest BCUT2D eigenvalue weighted by molar-refractivity contribution is -0.137. The van der Waals surface area contributed by atoms with Gasteiger partial charge in [-0.2, -0.15) is 0 Å². The Hall–Kier alpha value is -2.32. The number of anilines is 1. The molecule has 4 rings (SSSR count). The molecule has 0 bridgehead atoms. The lowest BCUT2D eigenvalue weighted by atomic mass is 9.98. The number of hydrogen-bond donors (Lipinski definition) is 2. The van der Waals surface area contributed by atoms with Gasteiger partial charge in [-0.3, -0.25) is 4.79 Å². The summed E-state index contributed by atoms with van der Waals surface area (Å²) in [6.45, 7) is 2.95. The number of nitrogens with one attached hydrogen (secondary N) is 1. The van der Waals surface area contributed by atoms with Gasteiger partial charge in [-0.1, -0.05) is 6.07 Å². The molecule has 8 heteroatoms. The first-order valence-electron chi connectivity index (χ1n) is 10.4. The maximum absolute atomic E-state index is 11.3. The van der Waals surface area contributed by atoms with Crippen molar-refractivity contribution in [3.8, 4) is 0 Å². The van der Waals surface area contributed by atoms with Crippen molar-refractivity contribution in [3.05, 3.63) is 55.6 Å². The van der Waals surface area contributed by atoms with Crippen LogP contribution >= 0.6 is 22.7 Å². The largest absolute Gasteiger partial charge is 0.481 e. The number of rotatable bonds is 9. The Balaban J connectivity index is 1.32. The molecule has 2 N–H and O–H groups in total. The fourth-order valence-electron chi connectivity index (χ4n) is 3.79. The number of hydrogen-bond acceptors (Lipinski definition) is 7. The minimum Gasteiger partial charge on any atom is -0.481 e. The monoisotopic (exact) mass is 442 g/mol. The van der Waals surface area contributed by atoms with Crippen molar-refractivity contribution >= 4 is 34.5 Å². The first-order chi connectivity index (χ1) is 14.6. The van der Waals surface area contributed by atoms with Gasteiger partial charge >= 0.3 is 5.97 Å². The highest BCUT2D eigenvalue weighted by molar-refractivity contribution is 7.11. The van der Waals surface area contributed by atoms with E-state index >= 15 is 0 Å². The maximum Gasteiger partial charge on any atom is 0.304 e. The number of carboxylic acids is 1. The Bertz CT molecular complexity index is 1010. The molecule has 0 aliphatic carbocycles. The van der Waals surface area contributed by atoms with Crippen molar-refractivity contribution < 1.29 is 9.90 Å². The second-order valence-electron chi connectivity index (χ2n) is 7.71. The number of fused-ring (bicyclic) bond motifs is 1. The third-order valence-electron chi connectivity index (χ3n) is 5.29. The molecule has 30 heavy (non-hydrogen) atoms. The molecule has 0 spiro atoms. The Morgan fingerprint density at radius 2 is 2.17 bits per heavy atom. The molecular formula is C22H26N4O2S2. The fraction of sp³-hybridized carbons (Fsp3) is 0.455. The molecule has 0 aromatic carbocycles. The molecule has 0 saturated carbocycles. The van der Waals surface area contributed by atoms with Gasteiger partial charge in [-0.05, 0) is 57.1 Å². The summed E-state index contributed by atoms with van der Waals surface area (Å²) < 4.78 is 0. The molecule has 1 atom stereocenters. The molecule has 0 amide bonds. The van der Waals surface area contributed by atoms with Gasteiger partial charge in [0, 0.05) is 34.6 Å². The van der Waals surface area contributed by atoms with E-state index in [0.717, 1.165) is 64.3 Å². The smallest absolute Gasteiger partial charge is 0.304 e. The second-order valence-corrected chi connectivity index (χ2v) is 9.92. The van der Waals surface area contributed by atoms with Gasteiger partial charge in [0.1, 0.15) is 5.82 Å². The van der Waals surface area contributed by atoms with Crippen molar-refractivity contribution in [3.63, 3.8) is 0 Å². The first-order valence-corrected chi connectivity index (χ1v) is 12.1. The van der Waals surface area contributed by atoms with E-state index in [0.29, 0.717) is 6.42 Å². The van der Waals surface area contributed by atoms with E-state index in [2.05, 4.69) is 27.8 Å². The van der Waals surface area contributed by atoms with Crippen LogP contribution in [0.15, 0.2) is 23.7 Å². The number of carboxylic acid groups (broad SMARTS) is 1. The number of thiazole rings is 2. The normalized spacial score (nSPS) is 14.2. The Morgan fingerprint density at radius 3 is 2.97 bits per heavy atom. The van der Waals surface area contributed by atoms with E-state index in [-0.39, 0.29) is 12.3 Å². The van der Waals surface area contributed by atoms with Crippen LogP contribution in [0.1, 0.15) is 57.0 Å². The maximum atomic E-state index is 11.3. The summed E-state index contributed by atoms with van der Waals surface area (Å²) in [7, 11) is 0. The number of carbonyl (C=O) groups is 1. The van der Waals surface area contributed by atoms with Crippen molar-refractivity contribution in [1.29, 1.82) is 0 Å². The van der Waals surface area contributed by atoms with Crippen LogP contribution in [0.3, 0.4) is 0 Å². The van der Waals surface area contributed by atoms with Gasteiger partial charge in [-0.25, -0.2) is 15.0 Å². The zero-order chi connectivity index (χ0) is 20.9. The standard InChI is InChI=1S/C22H26N4O2S2/c1-14-24-12-19(30-14)16(11-21(27)28)10-18-13-29-20(25-18)6-2-5-17-8-7-15-4-3-9-23-22(15)26-17/h7-8,12-13,16H,2-6,9-11H2,1H3,(H,23,26)(H,27,28). The van der Waals surface area contributed by atoms with Gasteiger partial charge in [-0.15, -0.1) is 22.7 Å². The lowest BCUT2D eigenvalue weighted by Gasteiger charge is -2.17. The zero-order valence-corrected chi connectivity index (χ0v) is 18.7. The van der Waals surface area contributed by atoms with Crippen LogP contribution in [0.25, 0.3) is 0 Å². The quantitative estimate of drug-likeness (QED) is 0.502. The summed E-state index contributed by atoms with van der Waals surface area (Å²) in [5.41, 5.74) is 3.42. The van der Waals surface area contributed by atoms with Crippen LogP contribution in [0.2, 0.25) is 0 Å². The molecule has 0 saturated heterocycles. The predicted octanol–water partition coefficient (Wildman–Crippen LogP) is 4.64. The fourth-order valence-corrected chi connectivity index (χ4v) is 5.53. The van der Waals surface area contributed by atoms with Gasteiger partial charge in [0.05, 0.1) is 22.1 Å². The highest BCUT2D eigenvalue weighted by Gasteiger charge is 2.20. The Labute approximate surface area is 184 Å². The van der Waals surface area contributed by atoms with E-state index in [1.54, 1.807) is 28.9 Å². The summed E-state index contributed by atoms with van der Waals surface area (Å²) in [6, 6.07) is 4.35. The topological polar surface area (TPSA) is 88.0 Å². The summed E-state index contributed by atoms with van der Waals surface area (Å²) >= 11 is 3.24. The average Bonchev–Trinajstić information content (AvgIpc) is 3.36. The number of aromatic nitrogens is 3. The van der Waals surface area contributed by atoms with E-state index < -0.39 is 5.97 Å². The molecule has 1 aliphatic heterocycles. The molecule has 3 aromatic heterocycles. The van der Waals surface area contributed by atoms with E-state index in [4.69, 9.17) is 9.97 Å². The Morgan fingerprint density at radius 1 is 1.27 bits per heavy atom. The zero-order valence-electron chi connectivity index (χ0n) is 17.1. The molecule has 6 nitrogen and oxygen atoms in total. The Kier molecular flexibility index (Phi) is 6.74. The van der Waals surface area contributed by atoms with Crippen LogP contribution in [0.4, 0.5) is 5.82 Å². The van der Waals surface area contributed by atoms with Gasteiger partial charge in [0.15, 0.2) is 0 Å². The number of nitrogens with zero attached hydrogens (tertiary/aromatic N) is 3. The van der Waals surface area contributed by atoms with Crippen LogP contribution < -0.4 is 5.32 Å². The van der Waals surface area contributed by atoms with Crippen LogP contribution in [0.5, 0.6) is 0 Å². The summed E-state index contributed by atoms with van der Waals surface area (Å²) in [5, 5.41) is 16.8. The highest BCUT2D eigenvalue weighted by Crippen LogP contribution is 2.29. The highest BCUT2D eigenvalue weighted by atomic mass is 32.1. The van der Waals surface area contributed by atoms with E-state index in [1.165, 1.54) is 12.0 Å². The predicted molar refractivity (Wildman–Crippen MR) is 121 cm³/mol. The van der Waals surface area contributed by atoms with Gasteiger partial charge in [0.25, 0.3) is 0 Å².